The lowest BCUT2D eigenvalue weighted by Crippen LogP contribution is -2.47. The van der Waals surface area contributed by atoms with E-state index in [1.807, 2.05) is 0 Å². The highest BCUT2D eigenvalue weighted by molar-refractivity contribution is 7.89. The predicted octanol–water partition coefficient (Wildman–Crippen LogP) is 5.75. The van der Waals surface area contributed by atoms with Gasteiger partial charge in [0.05, 0.1) is 24.5 Å². The molecule has 14 heteroatoms. The number of alkyl carbamates (subject to hydrolysis) is 2. The van der Waals surface area contributed by atoms with Gasteiger partial charge in [0.15, 0.2) is 0 Å². The molecule has 3 aromatic rings. The van der Waals surface area contributed by atoms with E-state index >= 15 is 0 Å². The van der Waals surface area contributed by atoms with E-state index in [0.717, 1.165) is 0 Å². The number of amides is 2. The number of hydrogen-bond acceptors (Lipinski definition) is 10. The molecule has 0 bridgehead atoms. The van der Waals surface area contributed by atoms with Crippen molar-refractivity contribution in [1.82, 2.24) is 15.4 Å². The molecule has 0 aliphatic heterocycles. The Bertz CT molecular complexity index is 1650. The van der Waals surface area contributed by atoms with Gasteiger partial charge in [-0.25, -0.2) is 27.7 Å². The van der Waals surface area contributed by atoms with E-state index in [9.17, 15) is 22.8 Å². The maximum Gasteiger partial charge on any atom is 0.414 e. The summed E-state index contributed by atoms with van der Waals surface area (Å²) >= 11 is 0. The lowest BCUT2D eigenvalue weighted by Gasteiger charge is -2.23. The molecular formula is C34H42N4O9S. The summed E-state index contributed by atoms with van der Waals surface area (Å²) < 4.78 is 50.8. The molecule has 0 fully saturated rings. The van der Waals surface area contributed by atoms with Gasteiger partial charge in [0, 0.05) is 5.56 Å². The quantitative estimate of drug-likeness (QED) is 0.104. The van der Waals surface area contributed by atoms with Crippen LogP contribution in [0.25, 0.3) is 0 Å². The molecule has 0 heterocycles. The van der Waals surface area contributed by atoms with Crippen molar-refractivity contribution in [2.24, 2.45) is 4.99 Å². The minimum atomic E-state index is -4.03. The highest BCUT2D eigenvalue weighted by Crippen LogP contribution is 2.28. The van der Waals surface area contributed by atoms with Crippen LogP contribution >= 0.6 is 0 Å². The molecule has 0 radical (unpaired) electrons. The smallest absolute Gasteiger partial charge is 0.414 e. The lowest BCUT2D eigenvalue weighted by molar-refractivity contribution is -0.141. The zero-order valence-electron chi connectivity index (χ0n) is 28.0. The summed E-state index contributed by atoms with van der Waals surface area (Å²) in [6.45, 7) is 10.1. The van der Waals surface area contributed by atoms with Crippen LogP contribution in [-0.2, 0) is 29.0 Å². The molecule has 2 atom stereocenters. The lowest BCUT2D eigenvalue weighted by atomic mass is 10.0. The molecule has 0 saturated heterocycles. The van der Waals surface area contributed by atoms with Crippen LogP contribution in [0, 0.1) is 0 Å². The Morgan fingerprint density at radius 1 is 0.750 bits per heavy atom. The summed E-state index contributed by atoms with van der Waals surface area (Å²) in [7, 11) is -2.82. The van der Waals surface area contributed by atoms with Gasteiger partial charge in [-0.05, 0) is 71.4 Å². The first kappa shape index (κ1) is 37.5. The largest absolute Gasteiger partial charge is 0.469 e. The average molecular weight is 683 g/mol. The standard InChI is InChI=1S/C34H42N4O9S/c1-33(2,3)46-31(40)36-30(37-32(41)47-34(4,5)6)35-29(23-15-10-8-11-16-23)45-25-18-14-17-24(21-25)27(22-28(39)44-7)38-48(42,43)26-19-12-9-13-20-26/h8-21,27,29,38H,22H2,1-7H3,(H2,35,36,37,40,41). The number of hydrogen-bond donors (Lipinski definition) is 3. The van der Waals surface area contributed by atoms with Crippen LogP contribution in [-0.4, -0.2) is 50.8 Å². The second-order valence-corrected chi connectivity index (χ2v) is 14.2. The zero-order valence-corrected chi connectivity index (χ0v) is 28.8. The van der Waals surface area contributed by atoms with E-state index in [-0.39, 0.29) is 23.0 Å². The van der Waals surface area contributed by atoms with Crippen LogP contribution < -0.4 is 20.1 Å². The van der Waals surface area contributed by atoms with Crippen LogP contribution in [0.4, 0.5) is 9.59 Å². The van der Waals surface area contributed by atoms with E-state index in [4.69, 9.17) is 18.9 Å². The second-order valence-electron chi connectivity index (χ2n) is 12.5. The molecule has 48 heavy (non-hydrogen) atoms. The summed E-state index contributed by atoms with van der Waals surface area (Å²) in [5.41, 5.74) is -0.764. The van der Waals surface area contributed by atoms with Gasteiger partial charge in [-0.15, -0.1) is 0 Å². The molecule has 258 valence electrons. The SMILES string of the molecule is COC(=O)CC(NS(=O)(=O)c1ccccc1)c1cccc(OC(N=C(NC(=O)OC(C)(C)C)NC(=O)OC(C)(C)C)c2ccccc2)c1. The number of methoxy groups -OCH3 is 1. The molecule has 3 aromatic carbocycles. The predicted molar refractivity (Wildman–Crippen MR) is 179 cm³/mol. The number of nitrogens with one attached hydrogen (secondary N) is 3. The van der Waals surface area contributed by atoms with Crippen molar-refractivity contribution in [2.45, 2.75) is 76.3 Å². The van der Waals surface area contributed by atoms with E-state index in [0.29, 0.717) is 11.1 Å². The van der Waals surface area contributed by atoms with Crippen molar-refractivity contribution in [3.63, 3.8) is 0 Å². The first-order valence-electron chi connectivity index (χ1n) is 15.0. The number of nitrogens with zero attached hydrogens (tertiary/aromatic N) is 1. The molecule has 2 unspecified atom stereocenters. The van der Waals surface area contributed by atoms with Crippen molar-refractivity contribution in [1.29, 1.82) is 0 Å². The molecule has 3 N–H and O–H groups in total. The normalized spacial score (nSPS) is 12.9. The Kier molecular flexibility index (Phi) is 12.7. The van der Waals surface area contributed by atoms with Crippen LogP contribution in [0.3, 0.4) is 0 Å². The number of sulfonamides is 1. The molecular weight excluding hydrogens is 640 g/mol. The molecule has 3 rings (SSSR count). The number of rotatable bonds is 10. The third kappa shape index (κ3) is 12.7. The maximum absolute atomic E-state index is 13.2. The Hall–Kier alpha value is -4.95. The Morgan fingerprint density at radius 2 is 1.27 bits per heavy atom. The number of aliphatic imine (C=N–C) groups is 1. The summed E-state index contributed by atoms with van der Waals surface area (Å²) in [5.74, 6) is -0.726. The van der Waals surface area contributed by atoms with Gasteiger partial charge in [-0.1, -0.05) is 60.7 Å². The summed E-state index contributed by atoms with van der Waals surface area (Å²) in [4.78, 5) is 42.3. The minimum Gasteiger partial charge on any atom is -0.469 e. The molecule has 2 amide bonds. The number of carbonyl (C=O) groups is 3. The Morgan fingerprint density at radius 3 is 1.79 bits per heavy atom. The van der Waals surface area contributed by atoms with E-state index in [1.165, 1.54) is 19.2 Å². The van der Waals surface area contributed by atoms with Crippen LogP contribution in [0.1, 0.15) is 71.4 Å². The highest BCUT2D eigenvalue weighted by atomic mass is 32.2. The molecule has 0 aliphatic carbocycles. The van der Waals surface area contributed by atoms with Crippen LogP contribution in [0.2, 0.25) is 0 Å². The second kappa shape index (κ2) is 16.2. The fourth-order valence-corrected chi connectivity index (χ4v) is 5.31. The Labute approximate surface area is 281 Å². The number of carbonyl (C=O) groups excluding carboxylic acids is 3. The number of guanidine groups is 1. The fourth-order valence-electron chi connectivity index (χ4n) is 4.07. The van der Waals surface area contributed by atoms with Crippen LogP contribution in [0.5, 0.6) is 5.75 Å². The van der Waals surface area contributed by atoms with Crippen LogP contribution in [0.15, 0.2) is 94.8 Å². The third-order valence-electron chi connectivity index (χ3n) is 6.03. The molecule has 0 aliphatic rings. The number of esters is 1. The molecule has 0 aromatic heterocycles. The van der Waals surface area contributed by atoms with Gasteiger partial charge in [0.2, 0.25) is 22.2 Å². The van der Waals surface area contributed by atoms with E-state index < -0.39 is 51.7 Å². The van der Waals surface area contributed by atoms with Gasteiger partial charge in [-0.3, -0.25) is 15.4 Å². The highest BCUT2D eigenvalue weighted by Gasteiger charge is 2.26. The van der Waals surface area contributed by atoms with E-state index in [2.05, 4.69) is 20.3 Å². The first-order chi connectivity index (χ1) is 22.4. The molecule has 0 saturated carbocycles. The van der Waals surface area contributed by atoms with Gasteiger partial charge < -0.3 is 18.9 Å². The minimum absolute atomic E-state index is 0.0215. The van der Waals surface area contributed by atoms with Gasteiger partial charge in [0.1, 0.15) is 17.0 Å². The van der Waals surface area contributed by atoms with Crippen molar-refractivity contribution in [3.05, 3.63) is 96.1 Å². The summed E-state index contributed by atoms with van der Waals surface area (Å²) in [6.07, 6.45) is -3.23. The van der Waals surface area contributed by atoms with Gasteiger partial charge >= 0.3 is 18.2 Å². The summed E-state index contributed by atoms with van der Waals surface area (Å²) in [6, 6.07) is 21.9. The maximum atomic E-state index is 13.2. The zero-order chi connectivity index (χ0) is 35.5. The van der Waals surface area contributed by atoms with Crippen molar-refractivity contribution in [3.8, 4) is 5.75 Å². The van der Waals surface area contributed by atoms with Crippen molar-refractivity contribution < 1.29 is 41.7 Å². The van der Waals surface area contributed by atoms with E-state index in [1.54, 1.807) is 114 Å². The molecule has 0 spiro atoms. The van der Waals surface area contributed by atoms with Crippen molar-refractivity contribution in [2.75, 3.05) is 7.11 Å². The third-order valence-corrected chi connectivity index (χ3v) is 7.51. The molecule has 13 nitrogen and oxygen atoms in total. The van der Waals surface area contributed by atoms with Crippen molar-refractivity contribution >= 4 is 34.1 Å². The topological polar surface area (TPSA) is 171 Å². The monoisotopic (exact) mass is 682 g/mol. The number of ether oxygens (including phenoxy) is 4. The summed E-state index contributed by atoms with van der Waals surface area (Å²) in [5, 5.41) is 4.89. The number of benzene rings is 3. The fraction of sp³-hybridized carbons (Fsp3) is 0.353. The first-order valence-corrected chi connectivity index (χ1v) is 16.5. The Balaban J connectivity index is 2.02. The van der Waals surface area contributed by atoms with Gasteiger partial charge in [0.25, 0.3) is 0 Å². The van der Waals surface area contributed by atoms with Gasteiger partial charge in [-0.2, -0.15) is 0 Å². The average Bonchev–Trinajstić information content (AvgIpc) is 2.99.